The Morgan fingerprint density at radius 3 is 2.25 bits per heavy atom. The van der Waals surface area contributed by atoms with Crippen LogP contribution in [-0.2, 0) is 0 Å². The maximum absolute atomic E-state index is 5.75. The molecule has 0 amide bonds. The zero-order valence-corrected chi connectivity index (χ0v) is 11.4. The molecule has 3 atom stereocenters. The Hall–Kier alpha value is -0.120. The van der Waals surface area contributed by atoms with Crippen LogP contribution in [0.4, 0.5) is 0 Å². The number of piperazine rings is 1. The van der Waals surface area contributed by atoms with Gasteiger partial charge in [-0.15, -0.1) is 0 Å². The van der Waals surface area contributed by atoms with Gasteiger partial charge in [0.15, 0.2) is 0 Å². The molecule has 0 aliphatic carbocycles. The van der Waals surface area contributed by atoms with Gasteiger partial charge in [0.2, 0.25) is 0 Å². The number of nitrogens with zero attached hydrogens (tertiary/aromatic N) is 2. The Kier molecular flexibility index (Phi) is 5.73. The number of likely N-dealkylation sites (N-methyl/N-ethyl adjacent to an activating group) is 1. The fourth-order valence-electron chi connectivity index (χ4n) is 2.55. The minimum atomic E-state index is 0.682. The van der Waals surface area contributed by atoms with Gasteiger partial charge >= 0.3 is 0 Å². The first kappa shape index (κ1) is 13.9. The lowest BCUT2D eigenvalue weighted by molar-refractivity contribution is 0.0568. The van der Waals surface area contributed by atoms with E-state index in [1.54, 1.807) is 0 Å². The van der Waals surface area contributed by atoms with Crippen molar-refractivity contribution in [3.8, 4) is 0 Å². The highest BCUT2D eigenvalue weighted by Gasteiger charge is 2.26. The normalized spacial score (nSPS) is 30.6. The molecule has 1 rings (SSSR count). The van der Waals surface area contributed by atoms with Crippen molar-refractivity contribution in [1.29, 1.82) is 0 Å². The van der Waals surface area contributed by atoms with Gasteiger partial charge < -0.3 is 10.6 Å². The monoisotopic (exact) mass is 227 g/mol. The van der Waals surface area contributed by atoms with Crippen LogP contribution in [0.5, 0.6) is 0 Å². The average Bonchev–Trinajstić information content (AvgIpc) is 2.27. The summed E-state index contributed by atoms with van der Waals surface area (Å²) in [7, 11) is 2.24. The number of hydrogen-bond acceptors (Lipinski definition) is 3. The Labute approximate surface area is 101 Å². The van der Waals surface area contributed by atoms with Gasteiger partial charge in [0, 0.05) is 25.2 Å². The summed E-state index contributed by atoms with van der Waals surface area (Å²) >= 11 is 0. The first-order valence-corrected chi connectivity index (χ1v) is 6.72. The largest absolute Gasteiger partial charge is 0.330 e. The maximum Gasteiger partial charge on any atom is 0.0195 e. The van der Waals surface area contributed by atoms with Gasteiger partial charge in [-0.05, 0) is 46.3 Å². The van der Waals surface area contributed by atoms with Crippen molar-refractivity contribution < 1.29 is 0 Å². The minimum absolute atomic E-state index is 0.682. The highest BCUT2D eigenvalue weighted by atomic mass is 15.3. The van der Waals surface area contributed by atoms with Crippen LogP contribution in [0.1, 0.15) is 33.6 Å². The quantitative estimate of drug-likeness (QED) is 0.770. The molecule has 0 saturated carbocycles. The lowest BCUT2D eigenvalue weighted by Crippen LogP contribution is -2.55. The Bertz CT molecular complexity index is 180. The van der Waals surface area contributed by atoms with E-state index in [-0.39, 0.29) is 0 Å². The second-order valence-corrected chi connectivity index (χ2v) is 5.42. The summed E-state index contributed by atoms with van der Waals surface area (Å²) in [5, 5.41) is 0. The lowest BCUT2D eigenvalue weighted by atomic mass is 10.0. The van der Waals surface area contributed by atoms with Crippen molar-refractivity contribution in [2.75, 3.05) is 33.2 Å². The van der Waals surface area contributed by atoms with E-state index >= 15 is 0 Å². The molecule has 1 heterocycles. The SMILES string of the molecule is CCC(CN)CCN1CC(C)N(C)C(C)C1. The second kappa shape index (κ2) is 6.58. The predicted molar refractivity (Wildman–Crippen MR) is 70.6 cm³/mol. The molecule has 0 spiro atoms. The predicted octanol–water partition coefficient (Wildman–Crippen LogP) is 1.39. The minimum Gasteiger partial charge on any atom is -0.330 e. The molecule has 0 bridgehead atoms. The molecule has 2 N–H and O–H groups in total. The van der Waals surface area contributed by atoms with Gasteiger partial charge in [0.25, 0.3) is 0 Å². The average molecular weight is 227 g/mol. The van der Waals surface area contributed by atoms with Crippen LogP contribution in [0.2, 0.25) is 0 Å². The van der Waals surface area contributed by atoms with E-state index in [0.29, 0.717) is 18.0 Å². The van der Waals surface area contributed by atoms with Crippen LogP contribution >= 0.6 is 0 Å². The standard InChI is InChI=1S/C13H29N3/c1-5-13(8-14)6-7-16-9-11(2)15(4)12(3)10-16/h11-13H,5-10,14H2,1-4H3. The Balaban J connectivity index is 2.33. The molecule has 1 aliphatic rings. The first-order chi connectivity index (χ1) is 7.58. The van der Waals surface area contributed by atoms with Gasteiger partial charge in [-0.3, -0.25) is 4.90 Å². The van der Waals surface area contributed by atoms with Crippen LogP contribution in [-0.4, -0.2) is 55.1 Å². The van der Waals surface area contributed by atoms with E-state index in [2.05, 4.69) is 37.6 Å². The Morgan fingerprint density at radius 2 is 1.81 bits per heavy atom. The molecule has 0 aromatic rings. The zero-order valence-electron chi connectivity index (χ0n) is 11.4. The topological polar surface area (TPSA) is 32.5 Å². The van der Waals surface area contributed by atoms with Crippen molar-refractivity contribution in [1.82, 2.24) is 9.80 Å². The van der Waals surface area contributed by atoms with Crippen LogP contribution in [0, 0.1) is 5.92 Å². The van der Waals surface area contributed by atoms with E-state index in [1.807, 2.05) is 0 Å². The van der Waals surface area contributed by atoms with Crippen molar-refractivity contribution in [2.24, 2.45) is 11.7 Å². The fraction of sp³-hybridized carbons (Fsp3) is 1.00. The van der Waals surface area contributed by atoms with Crippen LogP contribution in [0.15, 0.2) is 0 Å². The van der Waals surface area contributed by atoms with Gasteiger partial charge in [-0.2, -0.15) is 0 Å². The highest BCUT2D eigenvalue weighted by Crippen LogP contribution is 2.15. The summed E-state index contributed by atoms with van der Waals surface area (Å²) in [5.74, 6) is 0.713. The molecule has 3 unspecified atom stereocenters. The summed E-state index contributed by atoms with van der Waals surface area (Å²) in [5.41, 5.74) is 5.75. The van der Waals surface area contributed by atoms with Gasteiger partial charge in [-0.25, -0.2) is 0 Å². The molecule has 16 heavy (non-hydrogen) atoms. The van der Waals surface area contributed by atoms with E-state index < -0.39 is 0 Å². The zero-order chi connectivity index (χ0) is 12.1. The summed E-state index contributed by atoms with van der Waals surface area (Å²) in [4.78, 5) is 5.09. The third kappa shape index (κ3) is 3.72. The molecular formula is C13H29N3. The Morgan fingerprint density at radius 1 is 1.25 bits per heavy atom. The molecular weight excluding hydrogens is 198 g/mol. The maximum atomic E-state index is 5.75. The smallest absolute Gasteiger partial charge is 0.0195 e. The second-order valence-electron chi connectivity index (χ2n) is 5.42. The third-order valence-electron chi connectivity index (χ3n) is 4.20. The molecule has 3 nitrogen and oxygen atoms in total. The molecule has 96 valence electrons. The van der Waals surface area contributed by atoms with E-state index in [4.69, 9.17) is 5.73 Å². The molecule has 0 radical (unpaired) electrons. The number of hydrogen-bond donors (Lipinski definition) is 1. The molecule has 1 fully saturated rings. The van der Waals surface area contributed by atoms with E-state index in [1.165, 1.54) is 32.5 Å². The first-order valence-electron chi connectivity index (χ1n) is 6.72. The van der Waals surface area contributed by atoms with Crippen molar-refractivity contribution in [3.05, 3.63) is 0 Å². The molecule has 3 heteroatoms. The summed E-state index contributed by atoms with van der Waals surface area (Å²) in [6, 6.07) is 1.36. The van der Waals surface area contributed by atoms with Gasteiger partial charge in [-0.1, -0.05) is 13.3 Å². The van der Waals surface area contributed by atoms with Gasteiger partial charge in [0.1, 0.15) is 0 Å². The van der Waals surface area contributed by atoms with Crippen molar-refractivity contribution in [2.45, 2.75) is 45.7 Å². The molecule has 0 aromatic carbocycles. The highest BCUT2D eigenvalue weighted by molar-refractivity contribution is 4.82. The van der Waals surface area contributed by atoms with Gasteiger partial charge in [0.05, 0.1) is 0 Å². The fourth-order valence-corrected chi connectivity index (χ4v) is 2.55. The number of rotatable bonds is 5. The van der Waals surface area contributed by atoms with Crippen LogP contribution < -0.4 is 5.73 Å². The van der Waals surface area contributed by atoms with E-state index in [9.17, 15) is 0 Å². The van der Waals surface area contributed by atoms with Crippen molar-refractivity contribution >= 4 is 0 Å². The molecule has 1 aliphatic heterocycles. The number of nitrogens with two attached hydrogens (primary N) is 1. The lowest BCUT2D eigenvalue weighted by Gasteiger charge is -2.42. The molecule has 0 aromatic heterocycles. The van der Waals surface area contributed by atoms with Crippen LogP contribution in [0.25, 0.3) is 0 Å². The van der Waals surface area contributed by atoms with Crippen LogP contribution in [0.3, 0.4) is 0 Å². The van der Waals surface area contributed by atoms with Crippen molar-refractivity contribution in [3.63, 3.8) is 0 Å². The van der Waals surface area contributed by atoms with E-state index in [0.717, 1.165) is 6.54 Å². The molecule has 1 saturated heterocycles. The summed E-state index contributed by atoms with van der Waals surface area (Å²) in [6.07, 6.45) is 2.48. The summed E-state index contributed by atoms with van der Waals surface area (Å²) in [6.45, 7) is 11.4. The third-order valence-corrected chi connectivity index (χ3v) is 4.20. The summed E-state index contributed by atoms with van der Waals surface area (Å²) < 4.78 is 0.